The summed E-state index contributed by atoms with van der Waals surface area (Å²) in [7, 11) is 0. The van der Waals surface area contributed by atoms with Gasteiger partial charge in [-0.15, -0.1) is 11.8 Å². The molecule has 0 N–H and O–H groups in total. The summed E-state index contributed by atoms with van der Waals surface area (Å²) in [5, 5.41) is 10.8. The van der Waals surface area contributed by atoms with Crippen molar-refractivity contribution >= 4 is 16.8 Å². The molecule has 1 aliphatic heterocycles. The van der Waals surface area contributed by atoms with Crippen molar-refractivity contribution in [2.45, 2.75) is 13.1 Å². The number of nitro groups is 1. The molecule has 1 aliphatic rings. The summed E-state index contributed by atoms with van der Waals surface area (Å²) in [6.07, 6.45) is -0.685. The van der Waals surface area contributed by atoms with E-state index in [2.05, 4.69) is 4.99 Å². The second-order valence-corrected chi connectivity index (χ2v) is 2.94. The number of hydrogen-bond donors (Lipinski definition) is 0. The number of thioether (sulfide) groups is 1. The van der Waals surface area contributed by atoms with Gasteiger partial charge in [-0.3, -0.25) is 10.1 Å². The number of nitrogens with zero attached hydrogens (tertiary/aromatic N) is 2. The minimum atomic E-state index is -0.685. The summed E-state index contributed by atoms with van der Waals surface area (Å²) in [6, 6.07) is 0. The van der Waals surface area contributed by atoms with Crippen LogP contribution in [0.2, 0.25) is 0 Å². The molecule has 0 aromatic carbocycles. The lowest BCUT2D eigenvalue weighted by Crippen LogP contribution is -2.15. The van der Waals surface area contributed by atoms with Crippen molar-refractivity contribution in [2.24, 2.45) is 4.99 Å². The fourth-order valence-corrected chi connectivity index (χ4v) is 1.37. The molecule has 0 bridgehead atoms. The van der Waals surface area contributed by atoms with E-state index in [0.29, 0.717) is 5.75 Å². The lowest BCUT2D eigenvalue weighted by molar-refractivity contribution is -0.513. The topological polar surface area (TPSA) is 55.5 Å². The fraction of sp³-hybridized carbons (Fsp3) is 0.750. The van der Waals surface area contributed by atoms with Gasteiger partial charge in [0.15, 0.2) is 0 Å². The number of aliphatic imine (C=N–C) groups is 1. The molecule has 0 saturated carbocycles. The van der Waals surface area contributed by atoms with Crippen molar-refractivity contribution in [3.63, 3.8) is 0 Å². The first-order valence-electron chi connectivity index (χ1n) is 2.51. The van der Waals surface area contributed by atoms with Crippen LogP contribution in [-0.4, -0.2) is 21.9 Å². The van der Waals surface area contributed by atoms with Crippen molar-refractivity contribution in [3.8, 4) is 0 Å². The van der Waals surface area contributed by atoms with Crippen LogP contribution in [0.15, 0.2) is 4.99 Å². The predicted molar refractivity (Wildman–Crippen MR) is 36.3 cm³/mol. The predicted octanol–water partition coefficient (Wildman–Crippen LogP) is 0.754. The number of hydrogen-bond acceptors (Lipinski definition) is 4. The average Bonchev–Trinajstić information content (AvgIpc) is 2.14. The Hall–Kier alpha value is -0.580. The van der Waals surface area contributed by atoms with E-state index in [1.165, 1.54) is 11.8 Å². The largest absolute Gasteiger partial charge is 0.313 e. The normalized spacial score (nSPS) is 25.9. The molecule has 0 amide bonds. The molecule has 1 unspecified atom stereocenters. The zero-order chi connectivity index (χ0) is 6.85. The Morgan fingerprint density at radius 2 is 2.67 bits per heavy atom. The van der Waals surface area contributed by atoms with Gasteiger partial charge in [0.05, 0.1) is 10.8 Å². The van der Waals surface area contributed by atoms with Crippen LogP contribution in [0.1, 0.15) is 6.92 Å². The van der Waals surface area contributed by atoms with Crippen LogP contribution >= 0.6 is 11.8 Å². The van der Waals surface area contributed by atoms with Gasteiger partial charge in [0.1, 0.15) is 0 Å². The van der Waals surface area contributed by atoms with Crippen molar-refractivity contribution in [1.82, 2.24) is 0 Å². The van der Waals surface area contributed by atoms with E-state index in [1.807, 2.05) is 0 Å². The van der Waals surface area contributed by atoms with E-state index in [1.54, 1.807) is 6.92 Å². The van der Waals surface area contributed by atoms with E-state index in [-0.39, 0.29) is 4.92 Å². The first kappa shape index (κ1) is 6.54. The second kappa shape index (κ2) is 2.34. The molecule has 0 saturated heterocycles. The molecule has 0 aromatic heterocycles. The summed E-state index contributed by atoms with van der Waals surface area (Å²) in [4.78, 5) is 13.4. The summed E-state index contributed by atoms with van der Waals surface area (Å²) in [5.41, 5.74) is 0. The minimum absolute atomic E-state index is 0.358. The smallest absolute Gasteiger partial charge is 0.262 e. The van der Waals surface area contributed by atoms with Crippen LogP contribution in [0.4, 0.5) is 0 Å². The molecule has 0 spiro atoms. The second-order valence-electron chi connectivity index (χ2n) is 1.73. The molecule has 1 atom stereocenters. The van der Waals surface area contributed by atoms with Gasteiger partial charge in [-0.05, 0) is 6.92 Å². The van der Waals surface area contributed by atoms with Crippen molar-refractivity contribution in [1.29, 1.82) is 0 Å². The maximum atomic E-state index is 10.0. The molecule has 9 heavy (non-hydrogen) atoms. The lowest BCUT2D eigenvalue weighted by atomic mass is 10.6. The third kappa shape index (κ3) is 1.41. The molecule has 1 heterocycles. The Morgan fingerprint density at radius 3 is 2.89 bits per heavy atom. The highest BCUT2D eigenvalue weighted by atomic mass is 32.2. The van der Waals surface area contributed by atoms with Crippen LogP contribution in [0.5, 0.6) is 0 Å². The van der Waals surface area contributed by atoms with Gasteiger partial charge in [-0.2, -0.15) is 0 Å². The number of rotatable bonds is 1. The maximum absolute atomic E-state index is 10.0. The third-order valence-corrected chi connectivity index (χ3v) is 2.00. The zero-order valence-electron chi connectivity index (χ0n) is 4.90. The highest BCUT2D eigenvalue weighted by molar-refractivity contribution is 8.14. The van der Waals surface area contributed by atoms with Crippen molar-refractivity contribution in [3.05, 3.63) is 10.1 Å². The summed E-state index contributed by atoms with van der Waals surface area (Å²) < 4.78 is 0. The Kier molecular flexibility index (Phi) is 1.70. The molecular weight excluding hydrogens is 140 g/mol. The molecule has 0 radical (unpaired) electrons. The van der Waals surface area contributed by atoms with E-state index in [9.17, 15) is 10.1 Å². The van der Waals surface area contributed by atoms with Gasteiger partial charge in [0.25, 0.3) is 0 Å². The highest BCUT2D eigenvalue weighted by Gasteiger charge is 2.24. The standard InChI is InChI=1S/C4H6N2O2S/c1-3-5-4(2-9-3)6(7)8/h4H,2H2,1H3. The van der Waals surface area contributed by atoms with Crippen LogP contribution in [0.3, 0.4) is 0 Å². The quantitative estimate of drug-likeness (QED) is 0.405. The molecule has 4 nitrogen and oxygen atoms in total. The van der Waals surface area contributed by atoms with Crippen LogP contribution in [-0.2, 0) is 0 Å². The molecular formula is C4H6N2O2S. The van der Waals surface area contributed by atoms with E-state index >= 15 is 0 Å². The Labute approximate surface area is 56.5 Å². The first-order valence-corrected chi connectivity index (χ1v) is 3.49. The molecule has 0 aliphatic carbocycles. The van der Waals surface area contributed by atoms with Gasteiger partial charge >= 0.3 is 6.17 Å². The van der Waals surface area contributed by atoms with Crippen molar-refractivity contribution in [2.75, 3.05) is 5.75 Å². The van der Waals surface area contributed by atoms with E-state index in [0.717, 1.165) is 5.04 Å². The highest BCUT2D eigenvalue weighted by Crippen LogP contribution is 2.17. The Bertz CT molecular complexity index is 168. The van der Waals surface area contributed by atoms with Gasteiger partial charge in [-0.1, -0.05) is 0 Å². The third-order valence-electron chi connectivity index (χ3n) is 1.02. The maximum Gasteiger partial charge on any atom is 0.313 e. The fourth-order valence-electron chi connectivity index (χ4n) is 0.588. The van der Waals surface area contributed by atoms with Crippen LogP contribution < -0.4 is 0 Å². The van der Waals surface area contributed by atoms with Gasteiger partial charge in [0, 0.05) is 4.92 Å². The molecule has 0 aromatic rings. The van der Waals surface area contributed by atoms with E-state index < -0.39 is 6.17 Å². The zero-order valence-corrected chi connectivity index (χ0v) is 5.72. The lowest BCUT2D eigenvalue weighted by Gasteiger charge is -1.91. The van der Waals surface area contributed by atoms with Crippen LogP contribution in [0, 0.1) is 10.1 Å². The van der Waals surface area contributed by atoms with E-state index in [4.69, 9.17) is 0 Å². The van der Waals surface area contributed by atoms with Gasteiger partial charge < -0.3 is 0 Å². The van der Waals surface area contributed by atoms with Gasteiger partial charge in [0.2, 0.25) is 0 Å². The molecule has 0 fully saturated rings. The SMILES string of the molecule is CC1=NC([N+](=O)[O-])CS1. The summed E-state index contributed by atoms with van der Waals surface area (Å²) in [5.74, 6) is 0.499. The average molecular weight is 146 g/mol. The first-order chi connectivity index (χ1) is 4.20. The van der Waals surface area contributed by atoms with Crippen LogP contribution in [0.25, 0.3) is 0 Å². The monoisotopic (exact) mass is 146 g/mol. The molecule has 1 rings (SSSR count). The van der Waals surface area contributed by atoms with Gasteiger partial charge in [-0.25, -0.2) is 4.99 Å². The Balaban J connectivity index is 2.57. The summed E-state index contributed by atoms with van der Waals surface area (Å²) >= 11 is 1.44. The molecule has 50 valence electrons. The summed E-state index contributed by atoms with van der Waals surface area (Å²) in [6.45, 7) is 1.79. The van der Waals surface area contributed by atoms with Crippen molar-refractivity contribution < 1.29 is 4.92 Å². The minimum Gasteiger partial charge on any atom is -0.262 e. The molecule has 5 heteroatoms. The Morgan fingerprint density at radius 1 is 2.00 bits per heavy atom.